The van der Waals surface area contributed by atoms with Gasteiger partial charge in [0.05, 0.1) is 5.33 Å². The maximum Gasteiger partial charge on any atom is 0.316 e. The lowest BCUT2D eigenvalue weighted by Crippen LogP contribution is -2.39. The van der Waals surface area contributed by atoms with Crippen molar-refractivity contribution in [3.8, 4) is 0 Å². The van der Waals surface area contributed by atoms with E-state index in [4.69, 9.17) is 0 Å². The van der Waals surface area contributed by atoms with E-state index in [1.807, 2.05) is 0 Å². The van der Waals surface area contributed by atoms with Gasteiger partial charge in [-0.3, -0.25) is 4.79 Å². The van der Waals surface area contributed by atoms with Crippen molar-refractivity contribution in [1.29, 1.82) is 0 Å². The minimum absolute atomic E-state index is 0.0842. The van der Waals surface area contributed by atoms with Gasteiger partial charge in [-0.1, -0.05) is 15.9 Å². The highest BCUT2D eigenvalue weighted by Gasteiger charge is 2.01. The molecule has 0 heterocycles. The van der Waals surface area contributed by atoms with Gasteiger partial charge in [-0.2, -0.15) is 0 Å². The van der Waals surface area contributed by atoms with E-state index in [9.17, 15) is 9.59 Å². The van der Waals surface area contributed by atoms with Crippen LogP contribution in [-0.4, -0.2) is 49.4 Å². The van der Waals surface area contributed by atoms with Crippen LogP contribution < -0.4 is 10.6 Å². The van der Waals surface area contributed by atoms with E-state index in [-0.39, 0.29) is 17.3 Å². The monoisotopic (exact) mass is 251 g/mol. The van der Waals surface area contributed by atoms with Gasteiger partial charge in [0.25, 0.3) is 0 Å². The van der Waals surface area contributed by atoms with Gasteiger partial charge in [-0.15, -0.1) is 0 Å². The van der Waals surface area contributed by atoms with Crippen LogP contribution in [-0.2, 0) is 4.79 Å². The van der Waals surface area contributed by atoms with E-state index >= 15 is 0 Å². The van der Waals surface area contributed by atoms with E-state index < -0.39 is 0 Å². The maximum absolute atomic E-state index is 10.9. The summed E-state index contributed by atoms with van der Waals surface area (Å²) in [7, 11) is 3.32. The zero-order chi connectivity index (χ0) is 10.3. The fourth-order valence-corrected chi connectivity index (χ4v) is 0.775. The topological polar surface area (TPSA) is 61.4 Å². The van der Waals surface area contributed by atoms with Crippen LogP contribution in [0.1, 0.15) is 0 Å². The summed E-state index contributed by atoms with van der Waals surface area (Å²) in [6.07, 6.45) is 0. The smallest absolute Gasteiger partial charge is 0.316 e. The number of hydrogen-bond donors (Lipinski definition) is 2. The molecule has 76 valence electrons. The van der Waals surface area contributed by atoms with Crippen molar-refractivity contribution in [2.75, 3.05) is 32.5 Å². The number of hydrogen-bond acceptors (Lipinski definition) is 2. The second-order valence-corrected chi connectivity index (χ2v) is 3.17. The highest BCUT2D eigenvalue weighted by molar-refractivity contribution is 9.09. The van der Waals surface area contributed by atoms with E-state index in [0.717, 1.165) is 0 Å². The van der Waals surface area contributed by atoms with Crippen molar-refractivity contribution < 1.29 is 9.59 Å². The molecule has 0 saturated carbocycles. The van der Waals surface area contributed by atoms with Crippen LogP contribution in [0.3, 0.4) is 0 Å². The molecular formula is C7H14BrN3O2. The van der Waals surface area contributed by atoms with Gasteiger partial charge < -0.3 is 15.5 Å². The molecule has 0 radical (unpaired) electrons. The van der Waals surface area contributed by atoms with Crippen molar-refractivity contribution in [2.45, 2.75) is 0 Å². The Morgan fingerprint density at radius 3 is 2.23 bits per heavy atom. The number of urea groups is 1. The van der Waals surface area contributed by atoms with E-state index in [1.54, 1.807) is 14.1 Å². The van der Waals surface area contributed by atoms with Crippen LogP contribution in [0.15, 0.2) is 0 Å². The first-order valence-electron chi connectivity index (χ1n) is 3.85. The molecule has 0 aromatic rings. The first-order valence-corrected chi connectivity index (χ1v) is 4.98. The Labute approximate surface area is 86.0 Å². The molecule has 0 aliphatic rings. The van der Waals surface area contributed by atoms with Crippen molar-refractivity contribution in [2.24, 2.45) is 0 Å². The number of nitrogens with zero attached hydrogens (tertiary/aromatic N) is 1. The lowest BCUT2D eigenvalue weighted by Gasteiger charge is -2.11. The third-order valence-corrected chi connectivity index (χ3v) is 1.76. The number of amides is 3. The van der Waals surface area contributed by atoms with Gasteiger partial charge in [0, 0.05) is 27.2 Å². The lowest BCUT2D eigenvalue weighted by atomic mass is 10.5. The third kappa shape index (κ3) is 6.39. The van der Waals surface area contributed by atoms with Gasteiger partial charge in [0.2, 0.25) is 5.91 Å². The first-order chi connectivity index (χ1) is 6.07. The predicted octanol–water partition coefficient (Wildman–Crippen LogP) is -0.231. The largest absolute Gasteiger partial charge is 0.354 e. The molecule has 0 rings (SSSR count). The Bertz CT molecular complexity index is 185. The third-order valence-electron chi connectivity index (χ3n) is 1.25. The highest BCUT2D eigenvalue weighted by atomic mass is 79.9. The number of rotatable bonds is 4. The van der Waals surface area contributed by atoms with Crippen molar-refractivity contribution in [3.05, 3.63) is 0 Å². The van der Waals surface area contributed by atoms with E-state index in [1.165, 1.54) is 4.90 Å². The molecule has 0 saturated heterocycles. The SMILES string of the molecule is CN(C)C(=O)NCCNC(=O)CBr. The van der Waals surface area contributed by atoms with E-state index in [0.29, 0.717) is 13.1 Å². The molecule has 0 aromatic heterocycles. The van der Waals surface area contributed by atoms with Crippen molar-refractivity contribution in [3.63, 3.8) is 0 Å². The number of carbonyl (C=O) groups is 2. The fourth-order valence-electron chi connectivity index (χ4n) is 0.577. The predicted molar refractivity (Wildman–Crippen MR) is 53.9 cm³/mol. The molecule has 0 atom stereocenters. The first kappa shape index (κ1) is 12.2. The summed E-state index contributed by atoms with van der Waals surface area (Å²) < 4.78 is 0. The molecule has 13 heavy (non-hydrogen) atoms. The molecule has 0 aliphatic carbocycles. The Balaban J connectivity index is 3.36. The summed E-state index contributed by atoms with van der Waals surface area (Å²) in [6, 6.07) is -0.159. The number of carbonyl (C=O) groups excluding carboxylic acids is 2. The average Bonchev–Trinajstić information content (AvgIpc) is 2.11. The minimum atomic E-state index is -0.159. The van der Waals surface area contributed by atoms with E-state index in [2.05, 4.69) is 26.6 Å². The summed E-state index contributed by atoms with van der Waals surface area (Å²) in [5.41, 5.74) is 0. The van der Waals surface area contributed by atoms with Crippen LogP contribution >= 0.6 is 15.9 Å². The lowest BCUT2D eigenvalue weighted by molar-refractivity contribution is -0.118. The van der Waals surface area contributed by atoms with Crippen molar-refractivity contribution >= 4 is 27.9 Å². The van der Waals surface area contributed by atoms with Crippen LogP contribution in [0.5, 0.6) is 0 Å². The summed E-state index contributed by atoms with van der Waals surface area (Å²) in [6.45, 7) is 0.889. The standard InChI is InChI=1S/C7H14BrN3O2/c1-11(2)7(13)10-4-3-9-6(12)5-8/h3-5H2,1-2H3,(H,9,12)(H,10,13). The zero-order valence-electron chi connectivity index (χ0n) is 7.76. The average molecular weight is 252 g/mol. The van der Waals surface area contributed by atoms with Gasteiger partial charge in [-0.05, 0) is 0 Å². The van der Waals surface area contributed by atoms with Gasteiger partial charge >= 0.3 is 6.03 Å². The molecule has 0 spiro atoms. The normalized spacial score (nSPS) is 9.15. The van der Waals surface area contributed by atoms with Gasteiger partial charge in [0.15, 0.2) is 0 Å². The Morgan fingerprint density at radius 1 is 1.23 bits per heavy atom. The zero-order valence-corrected chi connectivity index (χ0v) is 9.35. The second kappa shape index (κ2) is 6.71. The summed E-state index contributed by atoms with van der Waals surface area (Å²) >= 11 is 3.01. The number of halogens is 1. The molecule has 0 aromatic carbocycles. The number of nitrogens with one attached hydrogen (secondary N) is 2. The summed E-state index contributed by atoms with van der Waals surface area (Å²) in [5.74, 6) is -0.0842. The molecule has 6 heteroatoms. The molecule has 0 fully saturated rings. The van der Waals surface area contributed by atoms with Crippen LogP contribution in [0, 0.1) is 0 Å². The summed E-state index contributed by atoms with van der Waals surface area (Å²) in [5, 5.41) is 5.51. The minimum Gasteiger partial charge on any atom is -0.354 e. The number of alkyl halides is 1. The summed E-state index contributed by atoms with van der Waals surface area (Å²) in [4.78, 5) is 23.1. The molecule has 5 nitrogen and oxygen atoms in total. The maximum atomic E-state index is 10.9. The Kier molecular flexibility index (Phi) is 6.30. The fraction of sp³-hybridized carbons (Fsp3) is 0.714. The van der Waals surface area contributed by atoms with Crippen molar-refractivity contribution in [1.82, 2.24) is 15.5 Å². The molecular weight excluding hydrogens is 238 g/mol. The van der Waals surface area contributed by atoms with Gasteiger partial charge in [-0.25, -0.2) is 4.79 Å². The molecule has 0 bridgehead atoms. The Morgan fingerprint density at radius 2 is 1.77 bits per heavy atom. The molecule has 2 N–H and O–H groups in total. The molecule has 0 aliphatic heterocycles. The highest BCUT2D eigenvalue weighted by Crippen LogP contribution is 1.78. The van der Waals surface area contributed by atoms with Gasteiger partial charge in [0.1, 0.15) is 0 Å². The second-order valence-electron chi connectivity index (χ2n) is 2.61. The Hall–Kier alpha value is -0.780. The van der Waals surface area contributed by atoms with Crippen LogP contribution in [0.4, 0.5) is 4.79 Å². The quantitative estimate of drug-likeness (QED) is 0.536. The van der Waals surface area contributed by atoms with Crippen LogP contribution in [0.25, 0.3) is 0 Å². The molecule has 0 unspecified atom stereocenters. The molecule has 3 amide bonds. The van der Waals surface area contributed by atoms with Crippen LogP contribution in [0.2, 0.25) is 0 Å².